The van der Waals surface area contributed by atoms with Crippen molar-refractivity contribution < 1.29 is 10.2 Å². The van der Waals surface area contributed by atoms with E-state index in [-0.39, 0.29) is 18.1 Å². The molecule has 10 heavy (non-hydrogen) atoms. The molecule has 58 valence electrons. The number of nitrogens with two attached hydrogens (primary N) is 1. The van der Waals surface area contributed by atoms with E-state index in [4.69, 9.17) is 5.73 Å². The highest BCUT2D eigenvalue weighted by Crippen LogP contribution is 2.27. The first kappa shape index (κ1) is 6.54. The van der Waals surface area contributed by atoms with Crippen molar-refractivity contribution in [3.05, 3.63) is 0 Å². The van der Waals surface area contributed by atoms with Crippen molar-refractivity contribution in [2.24, 2.45) is 5.73 Å². The van der Waals surface area contributed by atoms with Crippen molar-refractivity contribution >= 4 is 0 Å². The molecule has 2 bridgehead atoms. The number of nitrogens with one attached hydrogen (secondary N) is 1. The molecule has 2 saturated heterocycles. The summed E-state index contributed by atoms with van der Waals surface area (Å²) in [4.78, 5) is 0. The number of hydrogen-bond donors (Lipinski definition) is 4. The molecule has 0 spiro atoms. The highest BCUT2D eigenvalue weighted by Gasteiger charge is 2.49. The predicted octanol–water partition coefficient (Wildman–Crippen LogP) is -2.22. The highest BCUT2D eigenvalue weighted by atomic mass is 16.3. The first-order chi connectivity index (χ1) is 4.70. The van der Waals surface area contributed by atoms with Crippen LogP contribution in [0.4, 0.5) is 0 Å². The van der Waals surface area contributed by atoms with Gasteiger partial charge in [0.1, 0.15) is 0 Å². The van der Waals surface area contributed by atoms with Crippen molar-refractivity contribution in [1.82, 2.24) is 5.32 Å². The van der Waals surface area contributed by atoms with E-state index in [1.165, 1.54) is 0 Å². The summed E-state index contributed by atoms with van der Waals surface area (Å²) >= 11 is 0. The summed E-state index contributed by atoms with van der Waals surface area (Å²) in [5.41, 5.74) is 5.64. The van der Waals surface area contributed by atoms with Crippen LogP contribution >= 0.6 is 0 Å². The van der Waals surface area contributed by atoms with Gasteiger partial charge in [-0.15, -0.1) is 0 Å². The van der Waals surface area contributed by atoms with Crippen molar-refractivity contribution in [2.75, 3.05) is 0 Å². The van der Waals surface area contributed by atoms with Gasteiger partial charge in [0.25, 0.3) is 0 Å². The lowest BCUT2D eigenvalue weighted by molar-refractivity contribution is 0.00775. The van der Waals surface area contributed by atoms with Crippen LogP contribution in [0.3, 0.4) is 0 Å². The van der Waals surface area contributed by atoms with Gasteiger partial charge in [-0.2, -0.15) is 0 Å². The topological polar surface area (TPSA) is 78.5 Å². The van der Waals surface area contributed by atoms with Gasteiger partial charge in [0, 0.05) is 12.1 Å². The Morgan fingerprint density at radius 2 is 2.00 bits per heavy atom. The molecule has 0 radical (unpaired) electrons. The Balaban J connectivity index is 2.16. The van der Waals surface area contributed by atoms with Gasteiger partial charge in [0.2, 0.25) is 0 Å². The maximum absolute atomic E-state index is 9.27. The van der Waals surface area contributed by atoms with Crippen LogP contribution in [-0.2, 0) is 0 Å². The number of aliphatic hydroxyl groups is 2. The van der Waals surface area contributed by atoms with Crippen LogP contribution in [0.1, 0.15) is 6.42 Å². The van der Waals surface area contributed by atoms with Crippen LogP contribution in [0.5, 0.6) is 0 Å². The van der Waals surface area contributed by atoms with E-state index < -0.39 is 12.2 Å². The summed E-state index contributed by atoms with van der Waals surface area (Å²) in [7, 11) is 0. The number of rotatable bonds is 0. The molecule has 5 atom stereocenters. The Kier molecular flexibility index (Phi) is 1.25. The third-order valence-corrected chi connectivity index (χ3v) is 2.52. The van der Waals surface area contributed by atoms with E-state index in [9.17, 15) is 10.2 Å². The molecule has 5 N–H and O–H groups in total. The molecule has 2 aliphatic rings. The van der Waals surface area contributed by atoms with Crippen LogP contribution in [0.25, 0.3) is 0 Å². The lowest BCUT2D eigenvalue weighted by Crippen LogP contribution is -2.48. The standard InChI is InChI=1S/C6H12N2O2/c7-2-1-3-5(9)6(10)4(2)8-3/h2-6,8-10H,1,7H2/t2-,3+,4-,5+,6-/m0/s1. The van der Waals surface area contributed by atoms with Gasteiger partial charge in [-0.1, -0.05) is 0 Å². The Labute approximate surface area is 59.0 Å². The van der Waals surface area contributed by atoms with E-state index in [0.717, 1.165) is 6.42 Å². The van der Waals surface area contributed by atoms with Gasteiger partial charge in [0.05, 0.1) is 18.2 Å². The molecular weight excluding hydrogens is 132 g/mol. The Hall–Kier alpha value is -0.160. The molecule has 2 rings (SSSR count). The second kappa shape index (κ2) is 1.92. The monoisotopic (exact) mass is 144 g/mol. The molecule has 0 saturated carbocycles. The average Bonchev–Trinajstić information content (AvgIpc) is 2.36. The van der Waals surface area contributed by atoms with Gasteiger partial charge < -0.3 is 21.3 Å². The molecule has 2 heterocycles. The summed E-state index contributed by atoms with van der Waals surface area (Å²) in [5.74, 6) is 0. The second-order valence-corrected chi connectivity index (χ2v) is 3.18. The summed E-state index contributed by atoms with van der Waals surface area (Å²) in [6.07, 6.45) is -0.485. The molecule has 0 aromatic heterocycles. The van der Waals surface area contributed by atoms with Crippen LogP contribution < -0.4 is 11.1 Å². The zero-order valence-electron chi connectivity index (χ0n) is 5.57. The fourth-order valence-corrected chi connectivity index (χ4v) is 1.92. The van der Waals surface area contributed by atoms with E-state index >= 15 is 0 Å². The lowest BCUT2D eigenvalue weighted by Gasteiger charge is -2.24. The fourth-order valence-electron chi connectivity index (χ4n) is 1.92. The number of hydrogen-bond acceptors (Lipinski definition) is 4. The van der Waals surface area contributed by atoms with Crippen molar-refractivity contribution in [3.8, 4) is 0 Å². The minimum absolute atomic E-state index is 0.0170. The molecular formula is C6H12N2O2. The Bertz CT molecular complexity index is 151. The summed E-state index contributed by atoms with van der Waals surface area (Å²) < 4.78 is 0. The van der Waals surface area contributed by atoms with E-state index in [1.807, 2.05) is 0 Å². The first-order valence-corrected chi connectivity index (χ1v) is 3.58. The lowest BCUT2D eigenvalue weighted by atomic mass is 9.91. The molecule has 2 fully saturated rings. The van der Waals surface area contributed by atoms with Gasteiger partial charge in [0.15, 0.2) is 0 Å². The van der Waals surface area contributed by atoms with Crippen molar-refractivity contribution in [1.29, 1.82) is 0 Å². The van der Waals surface area contributed by atoms with Crippen LogP contribution in [0.15, 0.2) is 0 Å². The van der Waals surface area contributed by atoms with Gasteiger partial charge in [-0.25, -0.2) is 0 Å². The summed E-state index contributed by atoms with van der Waals surface area (Å²) in [6.45, 7) is 0. The molecule has 0 amide bonds. The van der Waals surface area contributed by atoms with Crippen molar-refractivity contribution in [2.45, 2.75) is 36.8 Å². The molecule has 0 aromatic carbocycles. The van der Waals surface area contributed by atoms with Gasteiger partial charge in [-0.05, 0) is 6.42 Å². The molecule has 2 aliphatic heterocycles. The van der Waals surface area contributed by atoms with Crippen LogP contribution in [-0.4, -0.2) is 40.5 Å². The predicted molar refractivity (Wildman–Crippen MR) is 35.3 cm³/mol. The molecule has 0 aliphatic carbocycles. The SMILES string of the molecule is N[C@H]1C[C@H]2N[C@@H]1[C@H](O)[C@@H]2O. The molecule has 0 unspecified atom stereocenters. The molecule has 4 nitrogen and oxygen atoms in total. The average molecular weight is 144 g/mol. The van der Waals surface area contributed by atoms with E-state index in [2.05, 4.69) is 5.32 Å². The maximum Gasteiger partial charge on any atom is 0.0982 e. The summed E-state index contributed by atoms with van der Waals surface area (Å²) in [5, 5.41) is 21.6. The van der Waals surface area contributed by atoms with Crippen molar-refractivity contribution in [3.63, 3.8) is 0 Å². The van der Waals surface area contributed by atoms with Gasteiger partial charge >= 0.3 is 0 Å². The Morgan fingerprint density at radius 3 is 2.40 bits per heavy atom. The number of fused-ring (bicyclic) bond motifs is 2. The minimum atomic E-state index is -0.659. The van der Waals surface area contributed by atoms with E-state index in [0.29, 0.717) is 0 Å². The van der Waals surface area contributed by atoms with Crippen LogP contribution in [0, 0.1) is 0 Å². The van der Waals surface area contributed by atoms with E-state index in [1.54, 1.807) is 0 Å². The molecule has 0 aromatic rings. The largest absolute Gasteiger partial charge is 0.389 e. The molecule has 4 heteroatoms. The zero-order chi connectivity index (χ0) is 7.30. The number of aliphatic hydroxyl groups excluding tert-OH is 2. The third kappa shape index (κ3) is 0.645. The Morgan fingerprint density at radius 1 is 1.30 bits per heavy atom. The maximum atomic E-state index is 9.27. The fraction of sp³-hybridized carbons (Fsp3) is 1.00. The minimum Gasteiger partial charge on any atom is -0.389 e. The van der Waals surface area contributed by atoms with Gasteiger partial charge in [-0.3, -0.25) is 0 Å². The highest BCUT2D eigenvalue weighted by molar-refractivity contribution is 5.10. The third-order valence-electron chi connectivity index (χ3n) is 2.52. The first-order valence-electron chi connectivity index (χ1n) is 3.58. The quantitative estimate of drug-likeness (QED) is 0.310. The second-order valence-electron chi connectivity index (χ2n) is 3.18. The zero-order valence-corrected chi connectivity index (χ0v) is 5.57. The normalized spacial score (nSPS) is 59.7. The summed E-state index contributed by atoms with van der Waals surface area (Å²) in [6, 6.07) is -0.0431. The smallest absolute Gasteiger partial charge is 0.0982 e. The van der Waals surface area contributed by atoms with Crippen LogP contribution in [0.2, 0.25) is 0 Å².